The highest BCUT2D eigenvalue weighted by Crippen LogP contribution is 2.13. The van der Waals surface area contributed by atoms with Crippen molar-refractivity contribution in [2.24, 2.45) is 5.92 Å². The largest absolute Gasteiger partial charge is 0.361 e. The van der Waals surface area contributed by atoms with Gasteiger partial charge in [-0.15, -0.1) is 0 Å². The monoisotopic (exact) mass is 251 g/mol. The SMILES string of the molecule is Cc1noc(C)c1CCNC(=O)C1CCCNC1. The number of rotatable bonds is 4. The van der Waals surface area contributed by atoms with E-state index in [4.69, 9.17) is 4.52 Å². The van der Waals surface area contributed by atoms with E-state index in [0.717, 1.165) is 49.4 Å². The Morgan fingerprint density at radius 3 is 3.00 bits per heavy atom. The minimum Gasteiger partial charge on any atom is -0.361 e. The van der Waals surface area contributed by atoms with Crippen molar-refractivity contribution in [3.8, 4) is 0 Å². The minimum atomic E-state index is 0.128. The van der Waals surface area contributed by atoms with Crippen LogP contribution in [-0.2, 0) is 11.2 Å². The molecule has 100 valence electrons. The number of piperidine rings is 1. The Morgan fingerprint density at radius 2 is 2.39 bits per heavy atom. The Kier molecular flexibility index (Phi) is 4.36. The molecule has 1 aromatic rings. The van der Waals surface area contributed by atoms with Crippen LogP contribution in [0.4, 0.5) is 0 Å². The van der Waals surface area contributed by atoms with E-state index >= 15 is 0 Å². The number of hydrogen-bond acceptors (Lipinski definition) is 4. The molecule has 0 spiro atoms. The molecule has 1 aliphatic heterocycles. The van der Waals surface area contributed by atoms with Gasteiger partial charge in [0.15, 0.2) is 0 Å². The van der Waals surface area contributed by atoms with Crippen molar-refractivity contribution >= 4 is 5.91 Å². The summed E-state index contributed by atoms with van der Waals surface area (Å²) in [7, 11) is 0. The van der Waals surface area contributed by atoms with E-state index < -0.39 is 0 Å². The van der Waals surface area contributed by atoms with Gasteiger partial charge in [0.25, 0.3) is 0 Å². The highest BCUT2D eigenvalue weighted by atomic mass is 16.5. The van der Waals surface area contributed by atoms with E-state index in [2.05, 4.69) is 15.8 Å². The second-order valence-electron chi connectivity index (χ2n) is 4.89. The molecular weight excluding hydrogens is 230 g/mol. The van der Waals surface area contributed by atoms with Crippen LogP contribution in [0.25, 0.3) is 0 Å². The lowest BCUT2D eigenvalue weighted by Crippen LogP contribution is -2.41. The predicted molar refractivity (Wildman–Crippen MR) is 68.3 cm³/mol. The van der Waals surface area contributed by atoms with Gasteiger partial charge in [0.05, 0.1) is 11.6 Å². The fraction of sp³-hybridized carbons (Fsp3) is 0.692. The van der Waals surface area contributed by atoms with Crippen molar-refractivity contribution in [1.82, 2.24) is 15.8 Å². The third-order valence-corrected chi connectivity index (χ3v) is 3.52. The maximum absolute atomic E-state index is 11.9. The molecule has 5 nitrogen and oxygen atoms in total. The van der Waals surface area contributed by atoms with Crippen molar-refractivity contribution < 1.29 is 9.32 Å². The topological polar surface area (TPSA) is 67.2 Å². The number of hydrogen-bond donors (Lipinski definition) is 2. The van der Waals surface area contributed by atoms with Crippen molar-refractivity contribution in [1.29, 1.82) is 0 Å². The maximum atomic E-state index is 11.9. The molecule has 5 heteroatoms. The normalized spacial score (nSPS) is 19.8. The van der Waals surface area contributed by atoms with Crippen LogP contribution in [-0.4, -0.2) is 30.7 Å². The Bertz CT molecular complexity index is 389. The molecule has 1 unspecified atom stereocenters. The van der Waals surface area contributed by atoms with Crippen molar-refractivity contribution in [3.05, 3.63) is 17.0 Å². The molecular formula is C13H21N3O2. The molecule has 1 aromatic heterocycles. The van der Waals surface area contributed by atoms with Crippen LogP contribution in [0, 0.1) is 19.8 Å². The molecule has 2 heterocycles. The average Bonchev–Trinajstić information content (AvgIpc) is 2.71. The van der Waals surface area contributed by atoms with Crippen molar-refractivity contribution in [3.63, 3.8) is 0 Å². The molecule has 0 aromatic carbocycles. The summed E-state index contributed by atoms with van der Waals surface area (Å²) >= 11 is 0. The zero-order valence-corrected chi connectivity index (χ0v) is 11.1. The molecule has 18 heavy (non-hydrogen) atoms. The zero-order chi connectivity index (χ0) is 13.0. The summed E-state index contributed by atoms with van der Waals surface area (Å²) < 4.78 is 5.10. The highest BCUT2D eigenvalue weighted by Gasteiger charge is 2.20. The van der Waals surface area contributed by atoms with Crippen LogP contribution in [0.1, 0.15) is 29.9 Å². The number of carbonyl (C=O) groups is 1. The standard InChI is InChI=1S/C13H21N3O2/c1-9-12(10(2)18-16-9)5-7-15-13(17)11-4-3-6-14-8-11/h11,14H,3-8H2,1-2H3,(H,15,17). The van der Waals surface area contributed by atoms with Gasteiger partial charge in [-0.05, 0) is 39.7 Å². The second kappa shape index (κ2) is 6.00. The lowest BCUT2D eigenvalue weighted by Gasteiger charge is -2.21. The van der Waals surface area contributed by atoms with E-state index in [1.165, 1.54) is 0 Å². The third-order valence-electron chi connectivity index (χ3n) is 3.52. The van der Waals surface area contributed by atoms with Crippen molar-refractivity contribution in [2.45, 2.75) is 33.1 Å². The Hall–Kier alpha value is -1.36. The molecule has 1 aliphatic rings. The molecule has 1 fully saturated rings. The van der Waals surface area contributed by atoms with Crippen LogP contribution in [0.5, 0.6) is 0 Å². The summed E-state index contributed by atoms with van der Waals surface area (Å²) in [5.74, 6) is 1.14. The highest BCUT2D eigenvalue weighted by molar-refractivity contribution is 5.78. The van der Waals surface area contributed by atoms with Gasteiger partial charge >= 0.3 is 0 Å². The van der Waals surface area contributed by atoms with E-state index in [-0.39, 0.29) is 11.8 Å². The second-order valence-corrected chi connectivity index (χ2v) is 4.89. The van der Waals surface area contributed by atoms with E-state index in [1.54, 1.807) is 0 Å². The molecule has 1 atom stereocenters. The number of nitrogens with zero attached hydrogens (tertiary/aromatic N) is 1. The molecule has 2 rings (SSSR count). The summed E-state index contributed by atoms with van der Waals surface area (Å²) in [6, 6.07) is 0. The van der Waals surface area contributed by atoms with Gasteiger partial charge in [-0.3, -0.25) is 4.79 Å². The number of amides is 1. The Balaban J connectivity index is 1.76. The lowest BCUT2D eigenvalue weighted by atomic mass is 9.99. The molecule has 0 aliphatic carbocycles. The Morgan fingerprint density at radius 1 is 1.56 bits per heavy atom. The van der Waals surface area contributed by atoms with E-state index in [0.29, 0.717) is 6.54 Å². The fourth-order valence-corrected chi connectivity index (χ4v) is 2.39. The van der Waals surface area contributed by atoms with Crippen LogP contribution >= 0.6 is 0 Å². The third kappa shape index (κ3) is 3.10. The number of nitrogens with one attached hydrogen (secondary N) is 2. The van der Waals surface area contributed by atoms with Crippen LogP contribution in [0.2, 0.25) is 0 Å². The summed E-state index contributed by atoms with van der Waals surface area (Å²) in [5, 5.41) is 10.2. The summed E-state index contributed by atoms with van der Waals surface area (Å²) in [6.07, 6.45) is 2.86. The van der Waals surface area contributed by atoms with Gasteiger partial charge in [-0.25, -0.2) is 0 Å². The molecule has 1 amide bonds. The average molecular weight is 251 g/mol. The molecule has 2 N–H and O–H groups in total. The zero-order valence-electron chi connectivity index (χ0n) is 11.1. The van der Waals surface area contributed by atoms with Crippen molar-refractivity contribution in [2.75, 3.05) is 19.6 Å². The first-order valence-corrected chi connectivity index (χ1v) is 6.58. The first-order chi connectivity index (χ1) is 8.68. The summed E-state index contributed by atoms with van der Waals surface area (Å²) in [4.78, 5) is 11.9. The minimum absolute atomic E-state index is 0.128. The first-order valence-electron chi connectivity index (χ1n) is 6.58. The summed E-state index contributed by atoms with van der Waals surface area (Å²) in [6.45, 7) is 6.32. The molecule has 0 saturated carbocycles. The number of carbonyl (C=O) groups excluding carboxylic acids is 1. The first kappa shape index (κ1) is 13.1. The van der Waals surface area contributed by atoms with Crippen LogP contribution in [0.3, 0.4) is 0 Å². The number of aromatic nitrogens is 1. The van der Waals surface area contributed by atoms with E-state index in [1.807, 2.05) is 13.8 Å². The number of aryl methyl sites for hydroxylation is 2. The molecule has 0 bridgehead atoms. The summed E-state index contributed by atoms with van der Waals surface area (Å²) in [5.41, 5.74) is 2.03. The maximum Gasteiger partial charge on any atom is 0.224 e. The Labute approximate surface area is 107 Å². The quantitative estimate of drug-likeness (QED) is 0.836. The van der Waals surface area contributed by atoms with Gasteiger partial charge in [0.1, 0.15) is 5.76 Å². The van der Waals surface area contributed by atoms with Gasteiger partial charge in [-0.1, -0.05) is 5.16 Å². The van der Waals surface area contributed by atoms with E-state index in [9.17, 15) is 4.79 Å². The predicted octanol–water partition coefficient (Wildman–Crippen LogP) is 0.950. The van der Waals surface area contributed by atoms with Gasteiger partial charge < -0.3 is 15.2 Å². The van der Waals surface area contributed by atoms with Crippen LogP contribution < -0.4 is 10.6 Å². The molecule has 0 radical (unpaired) electrons. The fourth-order valence-electron chi connectivity index (χ4n) is 2.39. The molecule has 1 saturated heterocycles. The van der Waals surface area contributed by atoms with Gasteiger partial charge in [0, 0.05) is 18.7 Å². The van der Waals surface area contributed by atoms with Gasteiger partial charge in [-0.2, -0.15) is 0 Å². The van der Waals surface area contributed by atoms with Gasteiger partial charge in [0.2, 0.25) is 5.91 Å². The smallest absolute Gasteiger partial charge is 0.224 e. The van der Waals surface area contributed by atoms with Crippen LogP contribution in [0.15, 0.2) is 4.52 Å². The lowest BCUT2D eigenvalue weighted by molar-refractivity contribution is -0.125.